The van der Waals surface area contributed by atoms with Crippen molar-refractivity contribution >= 4 is 23.3 Å². The number of aromatic nitrogens is 1. The first kappa shape index (κ1) is 8.18. The van der Waals surface area contributed by atoms with Crippen LogP contribution in [0, 0.1) is 0 Å². The van der Waals surface area contributed by atoms with Gasteiger partial charge in [-0.2, -0.15) is 0 Å². The zero-order valence-electron chi connectivity index (χ0n) is 6.69. The summed E-state index contributed by atoms with van der Waals surface area (Å²) < 4.78 is 0. The van der Waals surface area contributed by atoms with Gasteiger partial charge in [0.2, 0.25) is 5.91 Å². The maximum absolute atomic E-state index is 11.1. The molecule has 13 heavy (non-hydrogen) atoms. The summed E-state index contributed by atoms with van der Waals surface area (Å²) in [5, 5.41) is 5.03. The van der Waals surface area contributed by atoms with Gasteiger partial charge in [0.15, 0.2) is 0 Å². The molecule has 1 fully saturated rings. The van der Waals surface area contributed by atoms with Gasteiger partial charge >= 0.3 is 6.03 Å². The maximum atomic E-state index is 11.1. The SMILES string of the molecule is O=C1CNC(=O)N1Cc1nccs1. The van der Waals surface area contributed by atoms with E-state index in [2.05, 4.69) is 10.3 Å². The van der Waals surface area contributed by atoms with Crippen molar-refractivity contribution in [2.24, 2.45) is 0 Å². The highest BCUT2D eigenvalue weighted by Crippen LogP contribution is 2.10. The second-order valence-corrected chi connectivity index (χ2v) is 3.54. The molecule has 0 saturated carbocycles. The van der Waals surface area contributed by atoms with Crippen molar-refractivity contribution in [2.45, 2.75) is 6.54 Å². The van der Waals surface area contributed by atoms with Gasteiger partial charge in [-0.1, -0.05) is 0 Å². The number of rotatable bonds is 2. The third-order valence-electron chi connectivity index (χ3n) is 1.71. The Morgan fingerprint density at radius 1 is 1.62 bits per heavy atom. The average Bonchev–Trinajstić information content (AvgIpc) is 2.70. The molecule has 0 radical (unpaired) electrons. The molecule has 0 bridgehead atoms. The lowest BCUT2D eigenvalue weighted by molar-refractivity contribution is -0.125. The van der Waals surface area contributed by atoms with E-state index in [4.69, 9.17) is 0 Å². The molecule has 68 valence electrons. The van der Waals surface area contributed by atoms with Crippen molar-refractivity contribution in [1.29, 1.82) is 0 Å². The molecule has 0 unspecified atom stereocenters. The third kappa shape index (κ3) is 1.52. The molecule has 1 saturated heterocycles. The number of imide groups is 1. The fraction of sp³-hybridized carbons (Fsp3) is 0.286. The van der Waals surface area contributed by atoms with E-state index < -0.39 is 0 Å². The summed E-state index contributed by atoms with van der Waals surface area (Å²) in [6.45, 7) is 0.381. The first-order chi connectivity index (χ1) is 6.27. The van der Waals surface area contributed by atoms with Gasteiger partial charge in [0.25, 0.3) is 0 Å². The lowest BCUT2D eigenvalue weighted by Gasteiger charge is -2.08. The molecule has 0 aliphatic carbocycles. The predicted molar refractivity (Wildman–Crippen MR) is 46.1 cm³/mol. The second kappa shape index (κ2) is 3.14. The minimum absolute atomic E-state index is 0.101. The number of nitrogens with zero attached hydrogens (tertiary/aromatic N) is 2. The van der Waals surface area contributed by atoms with Crippen molar-refractivity contribution in [3.8, 4) is 0 Å². The van der Waals surface area contributed by atoms with E-state index in [1.165, 1.54) is 16.2 Å². The molecular formula is C7H7N3O2S. The first-order valence-corrected chi connectivity index (χ1v) is 4.62. The van der Waals surface area contributed by atoms with Crippen LogP contribution in [0.1, 0.15) is 5.01 Å². The van der Waals surface area contributed by atoms with Gasteiger partial charge in [0.1, 0.15) is 5.01 Å². The molecule has 0 aromatic carbocycles. The highest BCUT2D eigenvalue weighted by Gasteiger charge is 2.28. The smallest absolute Gasteiger partial charge is 0.324 e. The minimum Gasteiger partial charge on any atom is -0.329 e. The van der Waals surface area contributed by atoms with E-state index in [1.807, 2.05) is 5.38 Å². The predicted octanol–water partition coefficient (Wildman–Crippen LogP) is 0.195. The van der Waals surface area contributed by atoms with Crippen LogP contribution in [0.25, 0.3) is 0 Å². The number of amides is 3. The maximum Gasteiger partial charge on any atom is 0.324 e. The molecular weight excluding hydrogens is 190 g/mol. The molecule has 0 atom stereocenters. The van der Waals surface area contributed by atoms with E-state index in [0.29, 0.717) is 0 Å². The summed E-state index contributed by atoms with van der Waals surface area (Å²) >= 11 is 1.43. The average molecular weight is 197 g/mol. The number of carbonyl (C=O) groups excluding carboxylic acids is 2. The number of hydrogen-bond acceptors (Lipinski definition) is 4. The molecule has 6 heteroatoms. The van der Waals surface area contributed by atoms with Gasteiger partial charge in [-0.05, 0) is 0 Å². The Bertz CT molecular complexity index is 320. The van der Waals surface area contributed by atoms with Crippen LogP contribution in [0.15, 0.2) is 11.6 Å². The molecule has 1 aromatic heterocycles. The summed E-state index contributed by atoms with van der Waals surface area (Å²) in [6.07, 6.45) is 1.65. The molecule has 1 N–H and O–H groups in total. The highest BCUT2D eigenvalue weighted by molar-refractivity contribution is 7.09. The zero-order chi connectivity index (χ0) is 9.26. The quantitative estimate of drug-likeness (QED) is 0.689. The molecule has 2 rings (SSSR count). The summed E-state index contributed by atoms with van der Waals surface area (Å²) in [4.78, 5) is 27.4. The van der Waals surface area contributed by atoms with Gasteiger partial charge in [-0.25, -0.2) is 9.78 Å². The van der Waals surface area contributed by atoms with Crippen LogP contribution >= 0.6 is 11.3 Å². The molecule has 0 spiro atoms. The Morgan fingerprint density at radius 2 is 2.46 bits per heavy atom. The Balaban J connectivity index is 2.09. The normalized spacial score (nSPS) is 16.5. The zero-order valence-corrected chi connectivity index (χ0v) is 7.50. The highest BCUT2D eigenvalue weighted by atomic mass is 32.1. The fourth-order valence-corrected chi connectivity index (χ4v) is 1.69. The van der Waals surface area contributed by atoms with E-state index in [-0.39, 0.29) is 25.0 Å². The summed E-state index contributed by atoms with van der Waals surface area (Å²) in [6, 6.07) is -0.333. The first-order valence-electron chi connectivity index (χ1n) is 3.74. The van der Waals surface area contributed by atoms with Gasteiger partial charge < -0.3 is 5.32 Å². The molecule has 1 aliphatic heterocycles. The summed E-state index contributed by atoms with van der Waals surface area (Å²) in [5.74, 6) is -0.194. The molecule has 1 aliphatic rings. The van der Waals surface area contributed by atoms with Crippen LogP contribution in [0.5, 0.6) is 0 Å². The lowest BCUT2D eigenvalue weighted by atomic mass is 10.5. The van der Waals surface area contributed by atoms with E-state index in [0.717, 1.165) is 5.01 Å². The fourth-order valence-electron chi connectivity index (χ4n) is 1.08. The van der Waals surface area contributed by atoms with Crippen LogP contribution < -0.4 is 5.32 Å². The second-order valence-electron chi connectivity index (χ2n) is 2.56. The monoisotopic (exact) mass is 197 g/mol. The van der Waals surface area contributed by atoms with Crippen LogP contribution in [0.2, 0.25) is 0 Å². The van der Waals surface area contributed by atoms with Crippen LogP contribution in [-0.2, 0) is 11.3 Å². The van der Waals surface area contributed by atoms with Crippen molar-refractivity contribution in [2.75, 3.05) is 6.54 Å². The number of carbonyl (C=O) groups is 2. The van der Waals surface area contributed by atoms with E-state index in [1.54, 1.807) is 6.20 Å². The van der Waals surface area contributed by atoms with Gasteiger partial charge in [0.05, 0.1) is 13.1 Å². The van der Waals surface area contributed by atoms with Gasteiger partial charge in [-0.15, -0.1) is 11.3 Å². The number of hydrogen-bond donors (Lipinski definition) is 1. The van der Waals surface area contributed by atoms with Crippen molar-refractivity contribution < 1.29 is 9.59 Å². The summed E-state index contributed by atoms with van der Waals surface area (Å²) in [7, 11) is 0. The molecule has 2 heterocycles. The third-order valence-corrected chi connectivity index (χ3v) is 2.48. The lowest BCUT2D eigenvalue weighted by Crippen LogP contribution is -2.30. The van der Waals surface area contributed by atoms with Gasteiger partial charge in [0, 0.05) is 11.6 Å². The topological polar surface area (TPSA) is 62.3 Å². The van der Waals surface area contributed by atoms with E-state index >= 15 is 0 Å². The minimum atomic E-state index is -0.333. The van der Waals surface area contributed by atoms with E-state index in [9.17, 15) is 9.59 Å². The Kier molecular flexibility index (Phi) is 1.97. The van der Waals surface area contributed by atoms with Crippen molar-refractivity contribution in [3.05, 3.63) is 16.6 Å². The largest absolute Gasteiger partial charge is 0.329 e. The van der Waals surface area contributed by atoms with Crippen LogP contribution in [0.3, 0.4) is 0 Å². The molecule has 5 nitrogen and oxygen atoms in total. The Labute approximate surface area is 78.4 Å². The van der Waals surface area contributed by atoms with Crippen LogP contribution in [-0.4, -0.2) is 28.4 Å². The van der Waals surface area contributed by atoms with Gasteiger partial charge in [-0.3, -0.25) is 9.69 Å². The molecule has 1 aromatic rings. The molecule has 3 amide bonds. The Hall–Kier alpha value is -1.43. The standard InChI is InChI=1S/C7H7N3O2S/c11-6-3-9-7(12)10(6)4-5-8-1-2-13-5/h1-2H,3-4H2,(H,9,12). The number of urea groups is 1. The Morgan fingerprint density at radius 3 is 3.00 bits per heavy atom. The number of thiazole rings is 1. The number of nitrogens with one attached hydrogen (secondary N) is 1. The van der Waals surface area contributed by atoms with Crippen molar-refractivity contribution in [1.82, 2.24) is 15.2 Å². The summed E-state index contributed by atoms with van der Waals surface area (Å²) in [5.41, 5.74) is 0. The van der Waals surface area contributed by atoms with Crippen molar-refractivity contribution in [3.63, 3.8) is 0 Å². The van der Waals surface area contributed by atoms with Crippen LogP contribution in [0.4, 0.5) is 4.79 Å².